The number of ether oxygens (including phenoxy) is 1. The summed E-state index contributed by atoms with van der Waals surface area (Å²) in [6.45, 7) is 1.12. The molecule has 3 aromatic carbocycles. The number of nitrogens with one attached hydrogen (secondary N) is 1. The van der Waals surface area contributed by atoms with Gasteiger partial charge in [0.1, 0.15) is 23.5 Å². The molecule has 0 aromatic heterocycles. The minimum Gasteiger partial charge on any atom is -0.489 e. The molecule has 0 radical (unpaired) electrons. The van der Waals surface area contributed by atoms with Gasteiger partial charge < -0.3 is 15.0 Å². The predicted molar refractivity (Wildman–Crippen MR) is 115 cm³/mol. The maximum Gasteiger partial charge on any atom is 0.323 e. The summed E-state index contributed by atoms with van der Waals surface area (Å²) in [5.74, 6) is 1.24. The molecule has 148 valence electrons. The van der Waals surface area contributed by atoms with Gasteiger partial charge in [0.05, 0.1) is 0 Å². The lowest BCUT2D eigenvalue weighted by Crippen LogP contribution is -2.34. The molecule has 0 saturated carbocycles. The van der Waals surface area contributed by atoms with Crippen LogP contribution in [0.1, 0.15) is 16.5 Å². The van der Waals surface area contributed by atoms with Crippen molar-refractivity contribution >= 4 is 23.5 Å². The summed E-state index contributed by atoms with van der Waals surface area (Å²) in [7, 11) is 0. The highest BCUT2D eigenvalue weighted by Gasteiger charge is 2.31. The van der Waals surface area contributed by atoms with Gasteiger partial charge in [-0.15, -0.1) is 11.8 Å². The molecular weight excluding hydrogens is 387 g/mol. The number of anilines is 1. The van der Waals surface area contributed by atoms with Crippen LogP contribution >= 0.6 is 11.8 Å². The average molecular weight is 408 g/mol. The average Bonchev–Trinajstić information content (AvgIpc) is 3.23. The third kappa shape index (κ3) is 4.90. The van der Waals surface area contributed by atoms with Gasteiger partial charge in [-0.1, -0.05) is 48.5 Å². The molecule has 1 aliphatic heterocycles. The van der Waals surface area contributed by atoms with Crippen LogP contribution in [0.5, 0.6) is 5.75 Å². The van der Waals surface area contributed by atoms with E-state index in [1.165, 1.54) is 12.1 Å². The number of carbonyl (C=O) groups excluding carboxylic acids is 1. The summed E-state index contributed by atoms with van der Waals surface area (Å²) < 4.78 is 19.3. The van der Waals surface area contributed by atoms with Crippen LogP contribution in [0.25, 0.3) is 0 Å². The Morgan fingerprint density at radius 3 is 2.72 bits per heavy atom. The van der Waals surface area contributed by atoms with Gasteiger partial charge in [-0.2, -0.15) is 0 Å². The van der Waals surface area contributed by atoms with Crippen LogP contribution in [-0.4, -0.2) is 23.2 Å². The van der Waals surface area contributed by atoms with Crippen molar-refractivity contribution in [1.29, 1.82) is 0 Å². The van der Waals surface area contributed by atoms with E-state index < -0.39 is 0 Å². The minimum atomic E-state index is -0.376. The van der Waals surface area contributed by atoms with Gasteiger partial charge in [0, 0.05) is 18.0 Å². The Bertz CT molecular complexity index is 983. The highest BCUT2D eigenvalue weighted by Crippen LogP contribution is 2.39. The lowest BCUT2D eigenvalue weighted by atomic mass is 10.2. The Kier molecular flexibility index (Phi) is 6.00. The Morgan fingerprint density at radius 2 is 1.90 bits per heavy atom. The topological polar surface area (TPSA) is 41.6 Å². The van der Waals surface area contributed by atoms with Gasteiger partial charge in [-0.3, -0.25) is 0 Å². The van der Waals surface area contributed by atoms with Crippen molar-refractivity contribution in [3.8, 4) is 5.75 Å². The SMILES string of the molecule is O=C(Nc1cccc(F)c1)N1CCSC1c1cccc(OCc2ccccc2)c1. The molecule has 4 rings (SSSR count). The van der Waals surface area contributed by atoms with E-state index in [-0.39, 0.29) is 17.2 Å². The van der Waals surface area contributed by atoms with E-state index in [4.69, 9.17) is 4.74 Å². The second-order valence-corrected chi connectivity index (χ2v) is 7.89. The van der Waals surface area contributed by atoms with E-state index >= 15 is 0 Å². The molecule has 1 atom stereocenters. The summed E-state index contributed by atoms with van der Waals surface area (Å²) in [5.41, 5.74) is 2.56. The molecule has 3 aromatic rings. The van der Waals surface area contributed by atoms with Gasteiger partial charge in [-0.25, -0.2) is 9.18 Å². The molecule has 2 amide bonds. The van der Waals surface area contributed by atoms with Crippen molar-refractivity contribution < 1.29 is 13.9 Å². The van der Waals surface area contributed by atoms with Crippen LogP contribution in [0, 0.1) is 5.82 Å². The van der Waals surface area contributed by atoms with Crippen molar-refractivity contribution in [2.45, 2.75) is 12.0 Å². The predicted octanol–water partition coefficient (Wildman–Crippen LogP) is 5.68. The molecule has 29 heavy (non-hydrogen) atoms. The lowest BCUT2D eigenvalue weighted by molar-refractivity contribution is 0.214. The largest absolute Gasteiger partial charge is 0.489 e. The van der Waals surface area contributed by atoms with Crippen molar-refractivity contribution in [3.63, 3.8) is 0 Å². The van der Waals surface area contributed by atoms with Crippen LogP contribution in [0.15, 0.2) is 78.9 Å². The fraction of sp³-hybridized carbons (Fsp3) is 0.174. The molecule has 1 heterocycles. The number of hydrogen-bond donors (Lipinski definition) is 1. The summed E-state index contributed by atoms with van der Waals surface area (Å²) in [4.78, 5) is 14.5. The number of hydrogen-bond acceptors (Lipinski definition) is 3. The molecule has 4 nitrogen and oxygen atoms in total. The summed E-state index contributed by atoms with van der Waals surface area (Å²) in [6, 6.07) is 23.5. The van der Waals surface area contributed by atoms with E-state index in [0.29, 0.717) is 18.8 Å². The first kappa shape index (κ1) is 19.3. The highest BCUT2D eigenvalue weighted by atomic mass is 32.2. The standard InChI is InChI=1S/C23H21FN2O2S/c24-19-9-5-10-20(15-19)25-23(27)26-12-13-29-22(26)18-8-4-11-21(14-18)28-16-17-6-2-1-3-7-17/h1-11,14-15,22H,12-13,16H2,(H,25,27). The first-order chi connectivity index (χ1) is 14.2. The number of benzene rings is 3. The van der Waals surface area contributed by atoms with Crippen LogP contribution in [0.4, 0.5) is 14.9 Å². The zero-order chi connectivity index (χ0) is 20.1. The fourth-order valence-corrected chi connectivity index (χ4v) is 4.46. The number of halogens is 1. The number of thioether (sulfide) groups is 1. The minimum absolute atomic E-state index is 0.108. The first-order valence-electron chi connectivity index (χ1n) is 9.40. The highest BCUT2D eigenvalue weighted by molar-refractivity contribution is 7.99. The Labute approximate surface area is 173 Å². The normalized spacial score (nSPS) is 15.9. The number of amides is 2. The monoisotopic (exact) mass is 408 g/mol. The zero-order valence-electron chi connectivity index (χ0n) is 15.8. The van der Waals surface area contributed by atoms with Crippen LogP contribution < -0.4 is 10.1 Å². The quantitative estimate of drug-likeness (QED) is 0.590. The lowest BCUT2D eigenvalue weighted by Gasteiger charge is -2.24. The van der Waals surface area contributed by atoms with E-state index in [2.05, 4.69) is 5.32 Å². The molecule has 0 spiro atoms. The fourth-order valence-electron chi connectivity index (χ4n) is 3.21. The van der Waals surface area contributed by atoms with E-state index in [9.17, 15) is 9.18 Å². The van der Waals surface area contributed by atoms with E-state index in [1.54, 1.807) is 28.8 Å². The molecule has 1 unspecified atom stereocenters. The summed E-state index contributed by atoms with van der Waals surface area (Å²) in [5, 5.41) is 2.68. The Morgan fingerprint density at radius 1 is 1.07 bits per heavy atom. The molecule has 1 aliphatic rings. The first-order valence-corrected chi connectivity index (χ1v) is 10.5. The zero-order valence-corrected chi connectivity index (χ0v) is 16.6. The molecule has 0 aliphatic carbocycles. The molecule has 1 fully saturated rings. The number of rotatable bonds is 5. The van der Waals surface area contributed by atoms with Gasteiger partial charge in [-0.05, 0) is 41.5 Å². The van der Waals surface area contributed by atoms with Gasteiger partial charge in [0.2, 0.25) is 0 Å². The van der Waals surface area contributed by atoms with Crippen molar-refractivity contribution in [2.24, 2.45) is 0 Å². The van der Waals surface area contributed by atoms with Crippen molar-refractivity contribution in [1.82, 2.24) is 4.90 Å². The molecular formula is C23H21FN2O2S. The molecule has 6 heteroatoms. The second kappa shape index (κ2) is 9.01. The van der Waals surface area contributed by atoms with Crippen LogP contribution in [0.2, 0.25) is 0 Å². The van der Waals surface area contributed by atoms with Crippen LogP contribution in [-0.2, 0) is 6.61 Å². The maximum atomic E-state index is 13.4. The van der Waals surface area contributed by atoms with Gasteiger partial charge >= 0.3 is 6.03 Å². The van der Waals surface area contributed by atoms with Crippen molar-refractivity contribution in [2.75, 3.05) is 17.6 Å². The van der Waals surface area contributed by atoms with Gasteiger partial charge in [0.15, 0.2) is 0 Å². The third-order valence-corrected chi connectivity index (χ3v) is 5.88. The third-order valence-electron chi connectivity index (χ3n) is 4.62. The van der Waals surface area contributed by atoms with E-state index in [0.717, 1.165) is 22.6 Å². The second-order valence-electron chi connectivity index (χ2n) is 6.70. The van der Waals surface area contributed by atoms with Gasteiger partial charge in [0.25, 0.3) is 0 Å². The van der Waals surface area contributed by atoms with Crippen LogP contribution in [0.3, 0.4) is 0 Å². The van der Waals surface area contributed by atoms with Crippen molar-refractivity contribution in [3.05, 3.63) is 95.8 Å². The summed E-state index contributed by atoms with van der Waals surface area (Å²) >= 11 is 1.70. The smallest absolute Gasteiger partial charge is 0.323 e. The Hall–Kier alpha value is -2.99. The molecule has 0 bridgehead atoms. The summed E-state index contributed by atoms with van der Waals surface area (Å²) in [6.07, 6.45) is 0. The molecule has 1 N–H and O–H groups in total. The Balaban J connectivity index is 1.44. The maximum absolute atomic E-state index is 13.4. The molecule has 1 saturated heterocycles. The number of nitrogens with zero attached hydrogens (tertiary/aromatic N) is 1. The number of urea groups is 1. The van der Waals surface area contributed by atoms with E-state index in [1.807, 2.05) is 54.6 Å². The number of carbonyl (C=O) groups is 1.